The highest BCUT2D eigenvalue weighted by Crippen LogP contribution is 2.28. The Morgan fingerprint density at radius 2 is 2.04 bits per heavy atom. The molecule has 1 saturated heterocycles. The number of aliphatic hydroxyl groups excluding tert-OH is 1. The van der Waals surface area contributed by atoms with E-state index in [1.807, 2.05) is 37.1 Å². The number of piperidine rings is 1. The maximum absolute atomic E-state index is 12.7. The standard InChI is InChI=1S/C20H27N3O2S/c1-14-18(26-20(21-2)22-14)19(25)23-12-10-16(11-13-23)17(24)9-8-15-6-4-3-5-7-15/h3-7,16-17,24H,8-13H2,1-2H3,(H,21,22)/t17-/m0/s1. The molecule has 0 aliphatic carbocycles. The van der Waals surface area contributed by atoms with Crippen molar-refractivity contribution in [3.8, 4) is 0 Å². The molecule has 1 aromatic carbocycles. The van der Waals surface area contributed by atoms with Crippen LogP contribution in [0.25, 0.3) is 0 Å². The number of aryl methyl sites for hydroxylation is 2. The highest BCUT2D eigenvalue weighted by molar-refractivity contribution is 7.17. The number of thiazole rings is 1. The zero-order chi connectivity index (χ0) is 18.5. The molecule has 140 valence electrons. The average Bonchev–Trinajstić information content (AvgIpc) is 3.07. The third-order valence-electron chi connectivity index (χ3n) is 5.15. The highest BCUT2D eigenvalue weighted by Gasteiger charge is 2.29. The second-order valence-electron chi connectivity index (χ2n) is 6.90. The number of amides is 1. The normalized spacial score (nSPS) is 16.5. The van der Waals surface area contributed by atoms with Gasteiger partial charge >= 0.3 is 0 Å². The number of aromatic nitrogens is 1. The number of carbonyl (C=O) groups is 1. The van der Waals surface area contributed by atoms with Crippen LogP contribution in [0.5, 0.6) is 0 Å². The van der Waals surface area contributed by atoms with E-state index >= 15 is 0 Å². The van der Waals surface area contributed by atoms with E-state index in [0.717, 1.165) is 41.4 Å². The minimum atomic E-state index is -0.298. The Morgan fingerprint density at radius 3 is 2.65 bits per heavy atom. The largest absolute Gasteiger partial charge is 0.393 e. The van der Waals surface area contributed by atoms with Gasteiger partial charge in [-0.25, -0.2) is 4.98 Å². The molecule has 1 fully saturated rings. The number of benzene rings is 1. The number of rotatable bonds is 6. The first kappa shape index (κ1) is 18.9. The summed E-state index contributed by atoms with van der Waals surface area (Å²) in [7, 11) is 1.81. The van der Waals surface area contributed by atoms with Gasteiger partial charge in [0.1, 0.15) is 4.88 Å². The van der Waals surface area contributed by atoms with E-state index in [9.17, 15) is 9.90 Å². The summed E-state index contributed by atoms with van der Waals surface area (Å²) in [6, 6.07) is 10.3. The topological polar surface area (TPSA) is 65.5 Å². The molecule has 1 aromatic heterocycles. The van der Waals surface area contributed by atoms with Crippen LogP contribution in [0.2, 0.25) is 0 Å². The molecule has 0 unspecified atom stereocenters. The summed E-state index contributed by atoms with van der Waals surface area (Å²) >= 11 is 1.41. The number of likely N-dealkylation sites (tertiary alicyclic amines) is 1. The van der Waals surface area contributed by atoms with Gasteiger partial charge in [-0.2, -0.15) is 0 Å². The lowest BCUT2D eigenvalue weighted by atomic mass is 9.88. The fourth-order valence-corrected chi connectivity index (χ4v) is 4.42. The third-order valence-corrected chi connectivity index (χ3v) is 6.31. The average molecular weight is 374 g/mol. The van der Waals surface area contributed by atoms with Crippen molar-refractivity contribution in [1.82, 2.24) is 9.88 Å². The van der Waals surface area contributed by atoms with Crippen molar-refractivity contribution in [2.45, 2.75) is 38.7 Å². The monoisotopic (exact) mass is 373 g/mol. The number of nitrogens with zero attached hydrogens (tertiary/aromatic N) is 2. The van der Waals surface area contributed by atoms with Crippen LogP contribution in [-0.2, 0) is 6.42 Å². The van der Waals surface area contributed by atoms with Crippen molar-refractivity contribution in [2.24, 2.45) is 5.92 Å². The number of hydrogen-bond donors (Lipinski definition) is 2. The molecular weight excluding hydrogens is 346 g/mol. The van der Waals surface area contributed by atoms with Crippen LogP contribution in [0, 0.1) is 12.8 Å². The van der Waals surface area contributed by atoms with Gasteiger partial charge in [-0.1, -0.05) is 41.7 Å². The number of hydrogen-bond acceptors (Lipinski definition) is 5. The van der Waals surface area contributed by atoms with Gasteiger partial charge in [0.05, 0.1) is 11.8 Å². The maximum Gasteiger partial charge on any atom is 0.265 e. The fourth-order valence-electron chi connectivity index (χ4n) is 3.53. The van der Waals surface area contributed by atoms with Gasteiger partial charge in [0, 0.05) is 20.1 Å². The summed E-state index contributed by atoms with van der Waals surface area (Å²) in [5.74, 6) is 0.344. The fraction of sp³-hybridized carbons (Fsp3) is 0.500. The van der Waals surface area contributed by atoms with Gasteiger partial charge in [0.25, 0.3) is 5.91 Å². The van der Waals surface area contributed by atoms with E-state index < -0.39 is 0 Å². The number of anilines is 1. The first-order valence-corrected chi connectivity index (χ1v) is 10.1. The smallest absolute Gasteiger partial charge is 0.265 e. The molecule has 1 atom stereocenters. The van der Waals surface area contributed by atoms with E-state index in [2.05, 4.69) is 22.4 Å². The summed E-state index contributed by atoms with van der Waals surface area (Å²) in [5.41, 5.74) is 2.05. The van der Waals surface area contributed by atoms with Gasteiger partial charge in [0.15, 0.2) is 5.13 Å². The Labute approximate surface area is 159 Å². The minimum absolute atomic E-state index is 0.0683. The highest BCUT2D eigenvalue weighted by atomic mass is 32.1. The van der Waals surface area contributed by atoms with E-state index in [1.165, 1.54) is 16.9 Å². The zero-order valence-corrected chi connectivity index (χ0v) is 16.3. The Kier molecular flexibility index (Phi) is 6.27. The van der Waals surface area contributed by atoms with Gasteiger partial charge in [-0.05, 0) is 44.1 Å². The molecule has 0 radical (unpaired) electrons. The van der Waals surface area contributed by atoms with Gasteiger partial charge < -0.3 is 15.3 Å². The van der Waals surface area contributed by atoms with E-state index in [0.29, 0.717) is 13.1 Å². The lowest BCUT2D eigenvalue weighted by molar-refractivity contribution is 0.0439. The molecule has 6 heteroatoms. The molecule has 1 aliphatic heterocycles. The molecular formula is C20H27N3O2S. The summed E-state index contributed by atoms with van der Waals surface area (Å²) in [6.07, 6.45) is 3.10. The second kappa shape index (κ2) is 8.64. The Hall–Kier alpha value is -1.92. The molecule has 5 nitrogen and oxygen atoms in total. The Morgan fingerprint density at radius 1 is 1.35 bits per heavy atom. The summed E-state index contributed by atoms with van der Waals surface area (Å²) in [6.45, 7) is 3.29. The quantitative estimate of drug-likeness (QED) is 0.815. The van der Waals surface area contributed by atoms with Gasteiger partial charge in [-0.3, -0.25) is 4.79 Å². The number of carbonyl (C=O) groups excluding carboxylic acids is 1. The van der Waals surface area contributed by atoms with Crippen LogP contribution in [0.4, 0.5) is 5.13 Å². The summed E-state index contributed by atoms with van der Waals surface area (Å²) in [5, 5.41) is 14.3. The lowest BCUT2D eigenvalue weighted by Crippen LogP contribution is -2.41. The second-order valence-corrected chi connectivity index (χ2v) is 7.90. The van der Waals surface area contributed by atoms with E-state index in [-0.39, 0.29) is 17.9 Å². The van der Waals surface area contributed by atoms with Crippen LogP contribution in [0.1, 0.15) is 40.2 Å². The van der Waals surface area contributed by atoms with E-state index in [4.69, 9.17) is 0 Å². The lowest BCUT2D eigenvalue weighted by Gasteiger charge is -2.34. The molecule has 26 heavy (non-hydrogen) atoms. The van der Waals surface area contributed by atoms with Crippen molar-refractivity contribution < 1.29 is 9.90 Å². The van der Waals surface area contributed by atoms with Crippen LogP contribution >= 0.6 is 11.3 Å². The van der Waals surface area contributed by atoms with Gasteiger partial charge in [-0.15, -0.1) is 0 Å². The molecule has 2 aromatic rings. The molecule has 0 saturated carbocycles. The predicted octanol–water partition coefficient (Wildman–Crippen LogP) is 3.34. The molecule has 3 rings (SSSR count). The molecule has 2 heterocycles. The molecule has 1 aliphatic rings. The SMILES string of the molecule is CNc1nc(C)c(C(=O)N2CCC([C@@H](O)CCc3ccccc3)CC2)s1. The Balaban J connectivity index is 1.50. The van der Waals surface area contributed by atoms with Crippen molar-refractivity contribution in [2.75, 3.05) is 25.5 Å². The molecule has 0 bridgehead atoms. The summed E-state index contributed by atoms with van der Waals surface area (Å²) in [4.78, 5) is 19.7. The van der Waals surface area contributed by atoms with Crippen LogP contribution < -0.4 is 5.32 Å². The van der Waals surface area contributed by atoms with Crippen LogP contribution in [0.3, 0.4) is 0 Å². The van der Waals surface area contributed by atoms with Crippen molar-refractivity contribution in [1.29, 1.82) is 0 Å². The van der Waals surface area contributed by atoms with Gasteiger partial charge in [0.2, 0.25) is 0 Å². The maximum atomic E-state index is 12.7. The number of nitrogens with one attached hydrogen (secondary N) is 1. The minimum Gasteiger partial charge on any atom is -0.393 e. The number of aliphatic hydroxyl groups is 1. The van der Waals surface area contributed by atoms with Crippen molar-refractivity contribution in [3.63, 3.8) is 0 Å². The van der Waals surface area contributed by atoms with Crippen LogP contribution in [-0.4, -0.2) is 47.1 Å². The van der Waals surface area contributed by atoms with Crippen molar-refractivity contribution >= 4 is 22.4 Å². The van der Waals surface area contributed by atoms with Crippen molar-refractivity contribution in [3.05, 3.63) is 46.5 Å². The predicted molar refractivity (Wildman–Crippen MR) is 106 cm³/mol. The van der Waals surface area contributed by atoms with Crippen LogP contribution in [0.15, 0.2) is 30.3 Å². The summed E-state index contributed by atoms with van der Waals surface area (Å²) < 4.78 is 0. The van der Waals surface area contributed by atoms with E-state index in [1.54, 1.807) is 0 Å². The third kappa shape index (κ3) is 4.43. The first-order valence-electron chi connectivity index (χ1n) is 9.25. The zero-order valence-electron chi connectivity index (χ0n) is 15.4. The Bertz CT molecular complexity index is 724. The molecule has 0 spiro atoms. The first-order chi connectivity index (χ1) is 12.6. The molecule has 1 amide bonds. The molecule has 2 N–H and O–H groups in total.